The fourth-order valence-electron chi connectivity index (χ4n) is 7.12. The Bertz CT molecular complexity index is 2460. The maximum absolute atomic E-state index is 13.4. The van der Waals surface area contributed by atoms with E-state index in [1.54, 1.807) is 48.5 Å². The van der Waals surface area contributed by atoms with Gasteiger partial charge in [-0.2, -0.15) is 0 Å². The molecule has 348 valence electrons. The van der Waals surface area contributed by atoms with E-state index in [1.165, 1.54) is 41.5 Å². The van der Waals surface area contributed by atoms with E-state index in [2.05, 4.69) is 50.8 Å². The summed E-state index contributed by atoms with van der Waals surface area (Å²) in [6, 6.07) is 32.8. The average molecular weight is 927 g/mol. The molecule has 0 aliphatic carbocycles. The molecule has 6 aromatic carbocycles. The van der Waals surface area contributed by atoms with Crippen LogP contribution in [0.5, 0.6) is 17.2 Å². The molecular weight excluding hydrogens is 871 g/mol. The van der Waals surface area contributed by atoms with Crippen molar-refractivity contribution in [2.75, 3.05) is 0 Å². The van der Waals surface area contributed by atoms with Crippen LogP contribution in [-0.4, -0.2) is 17.9 Å². The fourth-order valence-corrected chi connectivity index (χ4v) is 7.30. The first-order chi connectivity index (χ1) is 31.6. The van der Waals surface area contributed by atoms with Gasteiger partial charge >= 0.3 is 17.9 Å². The highest BCUT2D eigenvalue weighted by molar-refractivity contribution is 7.27. The first-order valence-electron chi connectivity index (χ1n) is 22.1. The largest absolute Gasteiger partial charge is 0.423 e. The van der Waals surface area contributed by atoms with Crippen LogP contribution in [0.3, 0.4) is 0 Å². The number of esters is 3. The maximum Gasteiger partial charge on any atom is 0.343 e. The molecule has 0 aromatic heterocycles. The molecule has 66 heavy (non-hydrogen) atoms. The van der Waals surface area contributed by atoms with Gasteiger partial charge in [0.1, 0.15) is 28.9 Å². The molecule has 0 heterocycles. The maximum atomic E-state index is 13.4. The summed E-state index contributed by atoms with van der Waals surface area (Å²) in [5.74, 6) is -5.24. The van der Waals surface area contributed by atoms with Crippen LogP contribution in [0.4, 0.5) is 22.0 Å². The number of rotatable bonds is 15. The summed E-state index contributed by atoms with van der Waals surface area (Å²) < 4.78 is 80.6. The molecule has 1 unspecified atom stereocenters. The summed E-state index contributed by atoms with van der Waals surface area (Å²) in [7, 11) is 2.28. The monoisotopic (exact) mass is 926 g/mol. The number of hydrogen-bond acceptors (Lipinski definition) is 6. The van der Waals surface area contributed by atoms with Gasteiger partial charge in [0.25, 0.3) is 0 Å². The number of benzene rings is 6. The van der Waals surface area contributed by atoms with Crippen molar-refractivity contribution >= 4 is 32.5 Å². The van der Waals surface area contributed by atoms with E-state index in [0.29, 0.717) is 52.1 Å². The molecule has 0 fully saturated rings. The molecule has 0 bridgehead atoms. The first-order valence-corrected chi connectivity index (χ1v) is 22.6. The molecule has 6 rings (SSSR count). The Morgan fingerprint density at radius 3 is 1.05 bits per heavy atom. The normalized spacial score (nSPS) is 10.8. The van der Waals surface area contributed by atoms with Gasteiger partial charge in [-0.15, -0.1) is 9.24 Å². The Balaban J connectivity index is 0.000000217. The van der Waals surface area contributed by atoms with Crippen LogP contribution in [0, 0.1) is 29.1 Å². The van der Waals surface area contributed by atoms with E-state index < -0.39 is 41.2 Å². The van der Waals surface area contributed by atoms with E-state index in [9.17, 15) is 36.3 Å². The standard InChI is InChI=1S/C18H17F3O2.C18H20FO2P.C18H19FO2/c1-3-11(4-2)12-5-7-13(8-6-12)18(22)23-14-9-15(19)17(21)16(20)10-14;1-3-12(4-2)13-5-7-14(8-6-13)18(20)21-15-9-10-17(22)16(19)11-15;1-3-13(4-2)14-5-7-15(8-6-14)18(20)21-17-11-9-16(19)10-12-17/h5-11H,3-4H2,1-2H3;5-12H,3-4,22H2,1-2H3;5-13H,3-4H2,1-2H3. The molecule has 0 radical (unpaired) electrons. The molecule has 0 amide bonds. The molecule has 0 saturated heterocycles. The minimum absolute atomic E-state index is 0.206. The van der Waals surface area contributed by atoms with Gasteiger partial charge in [-0.25, -0.2) is 36.3 Å². The van der Waals surface area contributed by atoms with Crippen LogP contribution < -0.4 is 19.5 Å². The molecule has 0 spiro atoms. The minimum atomic E-state index is -1.60. The topological polar surface area (TPSA) is 78.9 Å². The zero-order chi connectivity index (χ0) is 48.3. The molecule has 6 aromatic rings. The highest BCUT2D eigenvalue weighted by atomic mass is 31.0. The second-order valence-electron chi connectivity index (χ2n) is 15.4. The molecule has 0 saturated carbocycles. The Labute approximate surface area is 386 Å². The van der Waals surface area contributed by atoms with Crippen LogP contribution in [0.2, 0.25) is 0 Å². The molecule has 6 nitrogen and oxygen atoms in total. The lowest BCUT2D eigenvalue weighted by Gasteiger charge is -2.13. The van der Waals surface area contributed by atoms with Gasteiger partial charge in [-0.3, -0.25) is 0 Å². The summed E-state index contributed by atoms with van der Waals surface area (Å²) in [5, 5.41) is 0.439. The van der Waals surface area contributed by atoms with E-state index in [4.69, 9.17) is 14.2 Å². The van der Waals surface area contributed by atoms with Gasteiger partial charge in [-0.1, -0.05) is 77.9 Å². The summed E-state index contributed by atoms with van der Waals surface area (Å²) in [5.41, 5.74) is 4.78. The minimum Gasteiger partial charge on any atom is -0.423 e. The Morgan fingerprint density at radius 1 is 0.409 bits per heavy atom. The van der Waals surface area contributed by atoms with E-state index in [1.807, 2.05) is 36.4 Å². The molecule has 12 heteroatoms. The third-order valence-corrected chi connectivity index (χ3v) is 11.7. The lowest BCUT2D eigenvalue weighted by Crippen LogP contribution is -2.10. The highest BCUT2D eigenvalue weighted by Crippen LogP contribution is 2.27. The third-order valence-electron chi connectivity index (χ3n) is 11.2. The predicted molar refractivity (Wildman–Crippen MR) is 253 cm³/mol. The molecule has 0 aliphatic heterocycles. The second kappa shape index (κ2) is 26.1. The van der Waals surface area contributed by atoms with Crippen LogP contribution >= 0.6 is 9.24 Å². The summed E-state index contributed by atoms with van der Waals surface area (Å²) in [6.45, 7) is 12.8. The number of halogens is 5. The Kier molecular flexibility index (Phi) is 20.7. The van der Waals surface area contributed by atoms with E-state index >= 15 is 0 Å². The smallest absolute Gasteiger partial charge is 0.343 e. The number of carbonyl (C=O) groups is 3. The van der Waals surface area contributed by atoms with Crippen LogP contribution in [0.25, 0.3) is 0 Å². The quantitative estimate of drug-likeness (QED) is 0.0336. The van der Waals surface area contributed by atoms with E-state index in [-0.39, 0.29) is 22.9 Å². The summed E-state index contributed by atoms with van der Waals surface area (Å²) >= 11 is 0. The fraction of sp³-hybridized carbons (Fsp3) is 0.278. The average Bonchev–Trinajstić information content (AvgIpc) is 3.32. The Morgan fingerprint density at radius 2 is 0.712 bits per heavy atom. The van der Waals surface area contributed by atoms with Crippen molar-refractivity contribution in [1.82, 2.24) is 0 Å². The molecular formula is C54H56F5O6P. The zero-order valence-electron chi connectivity index (χ0n) is 38.0. The van der Waals surface area contributed by atoms with Crippen LogP contribution in [0.15, 0.2) is 127 Å². The van der Waals surface area contributed by atoms with E-state index in [0.717, 1.165) is 44.1 Å². The van der Waals surface area contributed by atoms with Gasteiger partial charge in [0.15, 0.2) is 17.5 Å². The lowest BCUT2D eigenvalue weighted by molar-refractivity contribution is 0.0724. The van der Waals surface area contributed by atoms with Gasteiger partial charge in [0.2, 0.25) is 0 Å². The van der Waals surface area contributed by atoms with Crippen LogP contribution in [-0.2, 0) is 0 Å². The number of carbonyl (C=O) groups excluding carboxylic acids is 3. The predicted octanol–water partition coefficient (Wildman–Crippen LogP) is 14.6. The van der Waals surface area contributed by atoms with Gasteiger partial charge in [0.05, 0.1) is 16.7 Å². The molecule has 0 N–H and O–H groups in total. The van der Waals surface area contributed by atoms with Crippen molar-refractivity contribution in [1.29, 1.82) is 0 Å². The SMILES string of the molecule is CCC(CC)c1ccc(C(=O)Oc2cc(F)c(F)c(F)c2)cc1.CCC(CC)c1ccc(C(=O)Oc2ccc(F)cc2)cc1.CCC(CC)c1ccc(C(=O)Oc2ccc(P)c(F)c2)cc1. The van der Waals surface area contributed by atoms with Crippen molar-refractivity contribution < 1.29 is 50.5 Å². The van der Waals surface area contributed by atoms with Crippen molar-refractivity contribution in [2.45, 2.75) is 97.8 Å². The number of ether oxygens (including phenoxy) is 3. The van der Waals surface area contributed by atoms with Crippen molar-refractivity contribution in [3.63, 3.8) is 0 Å². The lowest BCUT2D eigenvalue weighted by atomic mass is 9.93. The highest BCUT2D eigenvalue weighted by Gasteiger charge is 2.17. The van der Waals surface area contributed by atoms with Crippen molar-refractivity contribution in [3.8, 4) is 17.2 Å². The van der Waals surface area contributed by atoms with Crippen molar-refractivity contribution in [3.05, 3.63) is 190 Å². The first kappa shape index (κ1) is 52.4. The molecule has 1 atom stereocenters. The third kappa shape index (κ3) is 15.2. The summed E-state index contributed by atoms with van der Waals surface area (Å²) in [6.07, 6.45) is 6.29. The van der Waals surface area contributed by atoms with Gasteiger partial charge < -0.3 is 14.2 Å². The van der Waals surface area contributed by atoms with Gasteiger partial charge in [0, 0.05) is 23.5 Å². The van der Waals surface area contributed by atoms with Crippen molar-refractivity contribution in [2.24, 2.45) is 0 Å². The molecule has 0 aliphatic rings. The number of hydrogen-bond donors (Lipinski definition) is 0. The Hall–Kier alpha value is -6.19. The zero-order valence-corrected chi connectivity index (χ0v) is 39.2. The second-order valence-corrected chi connectivity index (χ2v) is 16.0. The van der Waals surface area contributed by atoms with Crippen LogP contribution in [0.1, 0.15) is 146 Å². The summed E-state index contributed by atoms with van der Waals surface area (Å²) in [4.78, 5) is 36.1. The van der Waals surface area contributed by atoms with Gasteiger partial charge in [-0.05, 0) is 146 Å².